The number of methoxy groups -OCH3 is 1. The number of hydrogen-bond donors (Lipinski definition) is 1. The third kappa shape index (κ3) is 5.31. The molecule has 2 heterocycles. The molecule has 0 spiro atoms. The third-order valence-electron chi connectivity index (χ3n) is 3.77. The van der Waals surface area contributed by atoms with Gasteiger partial charge in [0.15, 0.2) is 5.69 Å². The predicted molar refractivity (Wildman–Crippen MR) is 105 cm³/mol. The van der Waals surface area contributed by atoms with E-state index in [0.29, 0.717) is 10.2 Å². The Hall–Kier alpha value is -3.17. The van der Waals surface area contributed by atoms with Gasteiger partial charge in [0.1, 0.15) is 16.2 Å². The molecular weight excluding hydrogens is 507 g/mol. The monoisotopic (exact) mass is 515 g/mol. The van der Waals surface area contributed by atoms with Crippen LogP contribution in [0.2, 0.25) is 5.02 Å². The van der Waals surface area contributed by atoms with Crippen LogP contribution in [0.3, 0.4) is 0 Å². The molecule has 0 unspecified atom stereocenters. The Kier molecular flexibility index (Phi) is 6.47. The summed E-state index contributed by atoms with van der Waals surface area (Å²) in [6.45, 7) is 0. The number of rotatable bonds is 5. The van der Waals surface area contributed by atoms with Crippen molar-refractivity contribution >= 4 is 27.5 Å². The van der Waals surface area contributed by atoms with Gasteiger partial charge in [-0.25, -0.2) is 4.98 Å². The molecule has 0 aliphatic heterocycles. The van der Waals surface area contributed by atoms with Crippen LogP contribution in [0, 0.1) is 11.3 Å². The van der Waals surface area contributed by atoms with Gasteiger partial charge in [-0.2, -0.15) is 18.4 Å². The largest absolute Gasteiger partial charge is 0.480 e. The molecule has 3 aromatic rings. The lowest BCUT2D eigenvalue weighted by Crippen LogP contribution is -2.22. The molecule has 0 saturated heterocycles. The molecule has 0 amide bonds. The van der Waals surface area contributed by atoms with Gasteiger partial charge in [-0.3, -0.25) is 4.79 Å². The highest BCUT2D eigenvalue weighted by molar-refractivity contribution is 9.10. The number of halogens is 5. The van der Waals surface area contributed by atoms with Crippen molar-refractivity contribution in [2.75, 3.05) is 7.11 Å². The summed E-state index contributed by atoms with van der Waals surface area (Å²) < 4.78 is 51.5. The zero-order valence-electron chi connectivity index (χ0n) is 15.4. The van der Waals surface area contributed by atoms with Gasteiger partial charge in [0.25, 0.3) is 5.56 Å². The van der Waals surface area contributed by atoms with Crippen LogP contribution in [-0.2, 0) is 12.6 Å². The van der Waals surface area contributed by atoms with Gasteiger partial charge in [-0.05, 0) is 40.2 Å². The average molecular weight is 517 g/mol. The summed E-state index contributed by atoms with van der Waals surface area (Å²) in [6, 6.07) is 6.86. The molecule has 2 aromatic heterocycles. The summed E-state index contributed by atoms with van der Waals surface area (Å²) in [7, 11) is 1.32. The second-order valence-corrected chi connectivity index (χ2v) is 7.20. The second-order valence-electron chi connectivity index (χ2n) is 5.96. The lowest BCUT2D eigenvalue weighted by molar-refractivity contribution is -0.142. The number of aromatic nitrogens is 4. The molecule has 0 radical (unpaired) electrons. The van der Waals surface area contributed by atoms with Crippen LogP contribution in [0.4, 0.5) is 13.2 Å². The molecular formula is C18H10BrClF3N5O3. The second kappa shape index (κ2) is 8.91. The highest BCUT2D eigenvalue weighted by Crippen LogP contribution is 2.35. The molecule has 0 aliphatic rings. The van der Waals surface area contributed by atoms with Crippen LogP contribution >= 0.6 is 27.5 Å². The van der Waals surface area contributed by atoms with Gasteiger partial charge >= 0.3 is 6.18 Å². The molecule has 0 aliphatic carbocycles. The number of nitriles is 1. The van der Waals surface area contributed by atoms with E-state index in [4.69, 9.17) is 26.3 Å². The van der Waals surface area contributed by atoms with Crippen LogP contribution in [0.25, 0.3) is 0 Å². The first-order valence-corrected chi connectivity index (χ1v) is 9.43. The molecule has 160 valence electrons. The van der Waals surface area contributed by atoms with Gasteiger partial charge in [0.05, 0.1) is 18.7 Å². The van der Waals surface area contributed by atoms with E-state index >= 15 is 0 Å². The third-order valence-corrected chi connectivity index (χ3v) is 4.38. The lowest BCUT2D eigenvalue weighted by atomic mass is 10.2. The van der Waals surface area contributed by atoms with Crippen molar-refractivity contribution in [3.8, 4) is 23.4 Å². The molecule has 13 heteroatoms. The highest BCUT2D eigenvalue weighted by atomic mass is 79.9. The molecule has 8 nitrogen and oxygen atoms in total. The smallest absolute Gasteiger partial charge is 0.437 e. The number of H-pyrrole nitrogens is 1. The Bertz CT molecular complexity index is 1240. The Balaban J connectivity index is 2.07. The average Bonchev–Trinajstić information content (AvgIpc) is 2.68. The molecule has 0 bridgehead atoms. The maximum absolute atomic E-state index is 13.7. The summed E-state index contributed by atoms with van der Waals surface area (Å²) in [5, 5.41) is 16.5. The van der Waals surface area contributed by atoms with E-state index in [-0.39, 0.29) is 34.5 Å². The van der Waals surface area contributed by atoms with Crippen LogP contribution < -0.4 is 15.0 Å². The zero-order valence-corrected chi connectivity index (χ0v) is 17.8. The number of nitrogens with zero attached hydrogens (tertiary/aromatic N) is 4. The first-order valence-electron chi connectivity index (χ1n) is 8.25. The highest BCUT2D eigenvalue weighted by Gasteiger charge is 2.39. The van der Waals surface area contributed by atoms with Crippen LogP contribution in [-0.4, -0.2) is 27.3 Å². The minimum absolute atomic E-state index is 0.0416. The van der Waals surface area contributed by atoms with E-state index in [1.807, 2.05) is 0 Å². The molecule has 1 aromatic carbocycles. The molecule has 0 atom stereocenters. The fourth-order valence-electron chi connectivity index (χ4n) is 2.55. The van der Waals surface area contributed by atoms with Crippen LogP contribution in [0.1, 0.15) is 22.6 Å². The minimum Gasteiger partial charge on any atom is -0.480 e. The van der Waals surface area contributed by atoms with Gasteiger partial charge in [0.2, 0.25) is 11.6 Å². The van der Waals surface area contributed by atoms with Crippen molar-refractivity contribution < 1.29 is 22.6 Å². The summed E-state index contributed by atoms with van der Waals surface area (Å²) in [5.74, 6) is -1.55. The van der Waals surface area contributed by atoms with Gasteiger partial charge in [0, 0.05) is 17.0 Å². The number of alkyl halides is 3. The standard InChI is InChI=1S/C18H10BrClF3N5O3/c1-30-17-9(4-12(19)27-28-17)5-13-25-15(18(21,22)23)14(16(29)26-13)31-11-3-8(7-24)2-10(20)6-11/h2-4,6H,5H2,1H3,(H,25,26,29). The normalized spacial score (nSPS) is 11.1. The van der Waals surface area contributed by atoms with Crippen molar-refractivity contribution in [3.05, 3.63) is 66.9 Å². The van der Waals surface area contributed by atoms with Crippen molar-refractivity contribution in [3.63, 3.8) is 0 Å². The SMILES string of the molecule is COc1nnc(Br)cc1Cc1nc(C(F)(F)F)c(Oc2cc(Cl)cc(C#N)c2)c(=O)[nH]1. The Labute approximate surface area is 185 Å². The molecule has 3 rings (SSSR count). The summed E-state index contributed by atoms with van der Waals surface area (Å²) in [4.78, 5) is 18.3. The van der Waals surface area contributed by atoms with Crippen molar-refractivity contribution in [1.29, 1.82) is 5.26 Å². The van der Waals surface area contributed by atoms with E-state index in [2.05, 4.69) is 36.1 Å². The van der Waals surface area contributed by atoms with E-state index in [1.165, 1.54) is 25.3 Å². The topological polar surface area (TPSA) is 114 Å². The van der Waals surface area contributed by atoms with Crippen LogP contribution in [0.5, 0.6) is 17.4 Å². The van der Waals surface area contributed by atoms with Crippen LogP contribution in [0.15, 0.2) is 33.7 Å². The number of ether oxygens (including phenoxy) is 2. The summed E-state index contributed by atoms with van der Waals surface area (Å²) >= 11 is 8.95. The van der Waals surface area contributed by atoms with Crippen molar-refractivity contribution in [2.45, 2.75) is 12.6 Å². The Morgan fingerprint density at radius 3 is 2.65 bits per heavy atom. The molecule has 0 saturated carbocycles. The first-order chi connectivity index (χ1) is 14.6. The first kappa shape index (κ1) is 22.5. The fraction of sp³-hybridized carbons (Fsp3) is 0.167. The van der Waals surface area contributed by atoms with E-state index < -0.39 is 23.2 Å². The quantitative estimate of drug-likeness (QED) is 0.539. The number of nitrogens with one attached hydrogen (secondary N) is 1. The van der Waals surface area contributed by atoms with E-state index in [1.54, 1.807) is 6.07 Å². The number of benzene rings is 1. The number of aromatic amines is 1. The van der Waals surface area contributed by atoms with Gasteiger partial charge in [-0.15, -0.1) is 10.2 Å². The summed E-state index contributed by atoms with van der Waals surface area (Å²) in [5.41, 5.74) is -2.33. The fourth-order valence-corrected chi connectivity index (χ4v) is 3.14. The Morgan fingerprint density at radius 1 is 1.26 bits per heavy atom. The number of hydrogen-bond acceptors (Lipinski definition) is 7. The molecule has 31 heavy (non-hydrogen) atoms. The summed E-state index contributed by atoms with van der Waals surface area (Å²) in [6.07, 6.45) is -5.23. The van der Waals surface area contributed by atoms with E-state index in [0.717, 1.165) is 6.07 Å². The molecule has 0 fully saturated rings. The van der Waals surface area contributed by atoms with Gasteiger partial charge < -0.3 is 14.5 Å². The minimum atomic E-state index is -5.00. The lowest BCUT2D eigenvalue weighted by Gasteiger charge is -2.14. The van der Waals surface area contributed by atoms with Crippen molar-refractivity contribution in [2.24, 2.45) is 0 Å². The predicted octanol–water partition coefficient (Wildman–Crippen LogP) is 4.26. The van der Waals surface area contributed by atoms with Gasteiger partial charge in [-0.1, -0.05) is 11.6 Å². The maximum atomic E-state index is 13.7. The molecule has 1 N–H and O–H groups in total. The van der Waals surface area contributed by atoms with Crippen molar-refractivity contribution in [1.82, 2.24) is 20.2 Å². The Morgan fingerprint density at radius 2 is 2.00 bits per heavy atom. The zero-order chi connectivity index (χ0) is 22.8. The van der Waals surface area contributed by atoms with E-state index in [9.17, 15) is 18.0 Å². The maximum Gasteiger partial charge on any atom is 0.437 e.